The summed E-state index contributed by atoms with van der Waals surface area (Å²) < 4.78 is 24.2. The van der Waals surface area contributed by atoms with Crippen LogP contribution in [-0.2, 0) is 14.6 Å². The van der Waals surface area contributed by atoms with Crippen molar-refractivity contribution in [1.29, 1.82) is 0 Å². The molecule has 1 amide bonds. The predicted octanol–water partition coefficient (Wildman–Crippen LogP) is 1.01. The van der Waals surface area contributed by atoms with Gasteiger partial charge < -0.3 is 10.6 Å². The van der Waals surface area contributed by atoms with Crippen molar-refractivity contribution in [1.82, 2.24) is 4.90 Å². The van der Waals surface area contributed by atoms with Crippen molar-refractivity contribution in [2.24, 2.45) is 5.73 Å². The SMILES string of the molecule is NC(=S)CN(C(=O)C1CCCCS1(=O)=O)C1CCCC1. The summed E-state index contributed by atoms with van der Waals surface area (Å²) in [5, 5.41) is -0.883. The normalized spacial score (nSPS) is 26.3. The molecule has 1 unspecified atom stereocenters. The summed E-state index contributed by atoms with van der Waals surface area (Å²) in [6, 6.07) is 0.0983. The summed E-state index contributed by atoms with van der Waals surface area (Å²) in [6.07, 6.45) is 5.86. The zero-order chi connectivity index (χ0) is 14.8. The number of amides is 1. The molecule has 1 heterocycles. The third kappa shape index (κ3) is 3.49. The molecule has 0 aromatic carbocycles. The minimum atomic E-state index is -3.31. The average molecular weight is 318 g/mol. The summed E-state index contributed by atoms with van der Waals surface area (Å²) in [5.41, 5.74) is 5.58. The van der Waals surface area contributed by atoms with Crippen molar-refractivity contribution in [2.75, 3.05) is 12.3 Å². The van der Waals surface area contributed by atoms with Crippen LogP contribution in [0.1, 0.15) is 44.9 Å². The van der Waals surface area contributed by atoms with Gasteiger partial charge in [-0.05, 0) is 25.7 Å². The molecule has 1 aliphatic heterocycles. The zero-order valence-corrected chi connectivity index (χ0v) is 13.2. The molecule has 0 bridgehead atoms. The Balaban J connectivity index is 2.18. The number of sulfone groups is 1. The van der Waals surface area contributed by atoms with Crippen molar-refractivity contribution in [3.8, 4) is 0 Å². The molecule has 7 heteroatoms. The Morgan fingerprint density at radius 2 is 1.75 bits per heavy atom. The largest absolute Gasteiger partial charge is 0.392 e. The molecule has 1 aliphatic carbocycles. The topological polar surface area (TPSA) is 80.5 Å². The highest BCUT2D eigenvalue weighted by atomic mass is 32.2. The van der Waals surface area contributed by atoms with E-state index in [0.717, 1.165) is 32.1 Å². The second-order valence-electron chi connectivity index (χ2n) is 5.72. The van der Waals surface area contributed by atoms with Gasteiger partial charge in [-0.25, -0.2) is 8.42 Å². The van der Waals surface area contributed by atoms with Gasteiger partial charge >= 0.3 is 0 Å². The van der Waals surface area contributed by atoms with Gasteiger partial charge in [-0.1, -0.05) is 31.5 Å². The molecule has 2 rings (SSSR count). The zero-order valence-electron chi connectivity index (χ0n) is 11.6. The monoisotopic (exact) mass is 318 g/mol. The molecule has 2 aliphatic rings. The Labute approximate surface area is 125 Å². The Bertz CT molecular complexity index is 484. The van der Waals surface area contributed by atoms with Crippen LogP contribution < -0.4 is 5.73 Å². The number of carbonyl (C=O) groups excluding carboxylic acids is 1. The van der Waals surface area contributed by atoms with Gasteiger partial charge in [-0.2, -0.15) is 0 Å². The first kappa shape index (κ1) is 15.7. The van der Waals surface area contributed by atoms with E-state index in [-0.39, 0.29) is 29.2 Å². The fourth-order valence-electron chi connectivity index (χ4n) is 3.19. The summed E-state index contributed by atoms with van der Waals surface area (Å²) in [4.78, 5) is 14.5. The minimum Gasteiger partial charge on any atom is -0.392 e. The standard InChI is InChI=1S/C13H22N2O3S2/c14-12(19)9-15(10-5-1-2-6-10)13(16)11-7-3-4-8-20(11,17)18/h10-11H,1-9H2,(H2,14,19). The van der Waals surface area contributed by atoms with Crippen LogP contribution >= 0.6 is 12.2 Å². The molecule has 114 valence electrons. The maximum Gasteiger partial charge on any atom is 0.241 e. The first-order valence-corrected chi connectivity index (χ1v) is 9.34. The lowest BCUT2D eigenvalue weighted by molar-refractivity contribution is -0.132. The summed E-state index contributed by atoms with van der Waals surface area (Å²) in [6.45, 7) is 0.199. The highest BCUT2D eigenvalue weighted by molar-refractivity contribution is 7.92. The number of thiocarbonyl (C=S) groups is 1. The number of nitrogens with two attached hydrogens (primary N) is 1. The molecule has 1 saturated carbocycles. The molecule has 2 N–H and O–H groups in total. The van der Waals surface area contributed by atoms with E-state index in [1.807, 2.05) is 0 Å². The van der Waals surface area contributed by atoms with Crippen LogP contribution in [0.4, 0.5) is 0 Å². The second kappa shape index (κ2) is 6.39. The third-order valence-corrected chi connectivity index (χ3v) is 6.52. The Morgan fingerprint density at radius 1 is 1.15 bits per heavy atom. The Morgan fingerprint density at radius 3 is 2.30 bits per heavy atom. The number of rotatable bonds is 4. The fraction of sp³-hybridized carbons (Fsp3) is 0.846. The van der Waals surface area contributed by atoms with E-state index in [4.69, 9.17) is 18.0 Å². The number of hydrogen-bond acceptors (Lipinski definition) is 4. The van der Waals surface area contributed by atoms with Crippen LogP contribution in [0.25, 0.3) is 0 Å². The minimum absolute atomic E-state index is 0.0983. The molecule has 0 aromatic heterocycles. The Hall–Kier alpha value is -0.690. The molecule has 1 saturated heterocycles. The molecule has 0 spiro atoms. The maximum absolute atomic E-state index is 12.7. The van der Waals surface area contributed by atoms with E-state index in [1.165, 1.54) is 0 Å². The van der Waals surface area contributed by atoms with Gasteiger partial charge in [-0.3, -0.25) is 4.79 Å². The van der Waals surface area contributed by atoms with Gasteiger partial charge in [0.1, 0.15) is 5.25 Å². The molecular formula is C13H22N2O3S2. The van der Waals surface area contributed by atoms with E-state index >= 15 is 0 Å². The van der Waals surface area contributed by atoms with Gasteiger partial charge in [0.25, 0.3) is 0 Å². The fourth-order valence-corrected chi connectivity index (χ4v) is 5.19. The van der Waals surface area contributed by atoms with Crippen LogP contribution in [0.15, 0.2) is 0 Å². The third-order valence-electron chi connectivity index (χ3n) is 4.23. The van der Waals surface area contributed by atoms with E-state index in [0.29, 0.717) is 12.8 Å². The maximum atomic E-state index is 12.7. The number of hydrogen-bond donors (Lipinski definition) is 1. The second-order valence-corrected chi connectivity index (χ2v) is 8.55. The van der Waals surface area contributed by atoms with Crippen LogP contribution in [0.2, 0.25) is 0 Å². The molecule has 2 fully saturated rings. The first-order valence-electron chi connectivity index (χ1n) is 7.22. The summed E-state index contributed by atoms with van der Waals surface area (Å²) >= 11 is 4.92. The van der Waals surface area contributed by atoms with E-state index < -0.39 is 15.1 Å². The van der Waals surface area contributed by atoms with Crippen LogP contribution in [0, 0.1) is 0 Å². The van der Waals surface area contributed by atoms with Gasteiger partial charge in [0, 0.05) is 6.04 Å². The average Bonchev–Trinajstić information content (AvgIpc) is 2.88. The smallest absolute Gasteiger partial charge is 0.241 e. The van der Waals surface area contributed by atoms with Crippen molar-refractivity contribution >= 4 is 33.0 Å². The van der Waals surface area contributed by atoms with Crippen molar-refractivity contribution in [3.63, 3.8) is 0 Å². The van der Waals surface area contributed by atoms with Gasteiger partial charge in [0.2, 0.25) is 5.91 Å². The van der Waals surface area contributed by atoms with Crippen molar-refractivity contribution < 1.29 is 13.2 Å². The summed E-state index contributed by atoms with van der Waals surface area (Å²) in [7, 11) is -3.31. The highest BCUT2D eigenvalue weighted by Gasteiger charge is 2.39. The molecule has 0 radical (unpaired) electrons. The number of nitrogens with zero attached hydrogens (tertiary/aromatic N) is 1. The van der Waals surface area contributed by atoms with Crippen molar-refractivity contribution in [3.05, 3.63) is 0 Å². The first-order chi connectivity index (χ1) is 9.42. The molecule has 5 nitrogen and oxygen atoms in total. The molecule has 0 aromatic rings. The quantitative estimate of drug-likeness (QED) is 0.783. The number of carbonyl (C=O) groups is 1. The van der Waals surface area contributed by atoms with E-state index in [1.54, 1.807) is 4.90 Å². The van der Waals surface area contributed by atoms with Gasteiger partial charge in [0.05, 0.1) is 17.3 Å². The van der Waals surface area contributed by atoms with E-state index in [9.17, 15) is 13.2 Å². The summed E-state index contributed by atoms with van der Waals surface area (Å²) in [5.74, 6) is -0.168. The molecular weight excluding hydrogens is 296 g/mol. The van der Waals surface area contributed by atoms with Gasteiger partial charge in [0.15, 0.2) is 9.84 Å². The van der Waals surface area contributed by atoms with Gasteiger partial charge in [-0.15, -0.1) is 0 Å². The highest BCUT2D eigenvalue weighted by Crippen LogP contribution is 2.27. The molecule has 20 heavy (non-hydrogen) atoms. The lowest BCUT2D eigenvalue weighted by Gasteiger charge is -2.33. The lowest BCUT2D eigenvalue weighted by atomic mass is 10.1. The van der Waals surface area contributed by atoms with Crippen LogP contribution in [-0.4, -0.2) is 47.8 Å². The predicted molar refractivity (Wildman–Crippen MR) is 82.2 cm³/mol. The van der Waals surface area contributed by atoms with E-state index in [2.05, 4.69) is 0 Å². The lowest BCUT2D eigenvalue weighted by Crippen LogP contribution is -2.51. The Kier molecular flexibility index (Phi) is 5.01. The van der Waals surface area contributed by atoms with Crippen LogP contribution in [0.5, 0.6) is 0 Å². The molecule has 1 atom stereocenters. The van der Waals surface area contributed by atoms with Crippen molar-refractivity contribution in [2.45, 2.75) is 56.2 Å². The van der Waals surface area contributed by atoms with Crippen LogP contribution in [0.3, 0.4) is 0 Å².